The topological polar surface area (TPSA) is 63.2 Å². The van der Waals surface area contributed by atoms with Crippen LogP contribution in [-0.2, 0) is 9.05 Å². The van der Waals surface area contributed by atoms with Crippen molar-refractivity contribution in [3.05, 3.63) is 29.8 Å². The van der Waals surface area contributed by atoms with E-state index in [4.69, 9.17) is 10.7 Å². The van der Waals surface area contributed by atoms with Crippen molar-refractivity contribution in [3.63, 3.8) is 0 Å². The zero-order valence-corrected chi connectivity index (χ0v) is 11.3. The second kappa shape index (κ2) is 5.28. The van der Waals surface area contributed by atoms with Gasteiger partial charge in [0.2, 0.25) is 0 Å². The molecule has 0 unspecified atom stereocenters. The molecule has 6 heteroatoms. The Morgan fingerprint density at radius 3 is 2.56 bits per heavy atom. The molecule has 0 aliphatic heterocycles. The fourth-order valence-electron chi connectivity index (χ4n) is 2.13. The summed E-state index contributed by atoms with van der Waals surface area (Å²) in [7, 11) is 1.45. The highest BCUT2D eigenvalue weighted by Gasteiger charge is 2.19. The molecule has 1 aromatic carbocycles. The Morgan fingerprint density at radius 1 is 1.28 bits per heavy atom. The quantitative estimate of drug-likeness (QED) is 0.868. The molecular weight excluding hydrogens is 274 g/mol. The van der Waals surface area contributed by atoms with E-state index in [1.807, 2.05) is 0 Å². The first kappa shape index (κ1) is 13.4. The number of amides is 1. The number of hydrogen-bond acceptors (Lipinski definition) is 3. The lowest BCUT2D eigenvalue weighted by molar-refractivity contribution is 0.0937. The highest BCUT2D eigenvalue weighted by molar-refractivity contribution is 8.13. The molecule has 0 saturated heterocycles. The van der Waals surface area contributed by atoms with E-state index in [0.29, 0.717) is 5.56 Å². The number of nitrogens with one attached hydrogen (secondary N) is 1. The number of hydrogen-bond donors (Lipinski definition) is 1. The van der Waals surface area contributed by atoms with Crippen molar-refractivity contribution in [2.45, 2.75) is 36.6 Å². The molecule has 0 radical (unpaired) electrons. The van der Waals surface area contributed by atoms with Crippen LogP contribution in [0.15, 0.2) is 29.2 Å². The van der Waals surface area contributed by atoms with Gasteiger partial charge in [0.25, 0.3) is 15.0 Å². The molecule has 1 amide bonds. The molecular formula is C12H14ClNO3S. The summed E-state index contributed by atoms with van der Waals surface area (Å²) in [6, 6.07) is 5.96. The van der Waals surface area contributed by atoms with E-state index >= 15 is 0 Å². The number of carbonyl (C=O) groups is 1. The smallest absolute Gasteiger partial charge is 0.261 e. The van der Waals surface area contributed by atoms with E-state index in [2.05, 4.69) is 5.32 Å². The van der Waals surface area contributed by atoms with Gasteiger partial charge in [-0.1, -0.05) is 18.9 Å². The van der Waals surface area contributed by atoms with Crippen LogP contribution in [0.4, 0.5) is 0 Å². The van der Waals surface area contributed by atoms with Crippen LogP contribution in [-0.4, -0.2) is 20.4 Å². The van der Waals surface area contributed by atoms with E-state index in [9.17, 15) is 13.2 Å². The highest BCUT2D eigenvalue weighted by Crippen LogP contribution is 2.19. The zero-order chi connectivity index (χ0) is 13.2. The molecule has 0 heterocycles. The third kappa shape index (κ3) is 3.23. The van der Waals surface area contributed by atoms with Gasteiger partial charge in [0.15, 0.2) is 0 Å². The molecule has 1 saturated carbocycles. The van der Waals surface area contributed by atoms with Crippen LogP contribution >= 0.6 is 10.7 Å². The summed E-state index contributed by atoms with van der Waals surface area (Å²) in [5.41, 5.74) is 0.323. The maximum absolute atomic E-state index is 11.9. The van der Waals surface area contributed by atoms with Gasteiger partial charge in [0, 0.05) is 22.3 Å². The monoisotopic (exact) mass is 287 g/mol. The Bertz CT molecular complexity index is 550. The van der Waals surface area contributed by atoms with Crippen LogP contribution in [0, 0.1) is 0 Å². The second-order valence-electron chi connectivity index (χ2n) is 4.42. The van der Waals surface area contributed by atoms with Gasteiger partial charge >= 0.3 is 0 Å². The molecule has 1 N–H and O–H groups in total. The fraction of sp³-hybridized carbons (Fsp3) is 0.417. The predicted molar refractivity (Wildman–Crippen MR) is 69.2 cm³/mol. The Kier molecular flexibility index (Phi) is 3.92. The van der Waals surface area contributed by atoms with Crippen molar-refractivity contribution in [3.8, 4) is 0 Å². The van der Waals surface area contributed by atoms with E-state index in [-0.39, 0.29) is 16.8 Å². The third-order valence-electron chi connectivity index (χ3n) is 3.07. The van der Waals surface area contributed by atoms with Gasteiger partial charge in [0.05, 0.1) is 4.90 Å². The normalized spacial score (nSPS) is 16.7. The standard InChI is InChI=1S/C12H14ClNO3S/c13-18(16,17)11-7-3-4-9(8-11)12(15)14-10-5-1-2-6-10/h3-4,7-8,10H,1-2,5-6H2,(H,14,15). The molecule has 1 aliphatic rings. The maximum atomic E-state index is 11.9. The maximum Gasteiger partial charge on any atom is 0.261 e. The Labute approximate surface area is 111 Å². The number of halogens is 1. The van der Waals surface area contributed by atoms with Crippen LogP contribution in [0.25, 0.3) is 0 Å². The number of carbonyl (C=O) groups excluding carboxylic acids is 1. The summed E-state index contributed by atoms with van der Waals surface area (Å²) < 4.78 is 22.4. The molecule has 2 rings (SSSR count). The zero-order valence-electron chi connectivity index (χ0n) is 9.73. The molecule has 0 bridgehead atoms. The summed E-state index contributed by atoms with van der Waals surface area (Å²) >= 11 is 0. The molecule has 1 fully saturated rings. The van der Waals surface area contributed by atoms with E-state index < -0.39 is 9.05 Å². The molecule has 4 nitrogen and oxygen atoms in total. The van der Waals surface area contributed by atoms with Crippen LogP contribution < -0.4 is 5.32 Å². The Hall–Kier alpha value is -1.07. The van der Waals surface area contributed by atoms with E-state index in [1.165, 1.54) is 18.2 Å². The summed E-state index contributed by atoms with van der Waals surface area (Å²) in [4.78, 5) is 11.9. The lowest BCUT2D eigenvalue weighted by Gasteiger charge is -2.12. The van der Waals surface area contributed by atoms with Gasteiger partial charge in [-0.3, -0.25) is 4.79 Å². The average molecular weight is 288 g/mol. The summed E-state index contributed by atoms with van der Waals surface area (Å²) in [5.74, 6) is -0.246. The molecule has 98 valence electrons. The lowest BCUT2D eigenvalue weighted by Crippen LogP contribution is -2.32. The van der Waals surface area contributed by atoms with E-state index in [1.54, 1.807) is 6.07 Å². The van der Waals surface area contributed by atoms with Gasteiger partial charge < -0.3 is 5.32 Å². The largest absolute Gasteiger partial charge is 0.349 e. The summed E-state index contributed by atoms with van der Waals surface area (Å²) in [6.07, 6.45) is 4.22. The molecule has 1 aromatic rings. The third-order valence-corrected chi connectivity index (χ3v) is 4.42. The van der Waals surface area contributed by atoms with Gasteiger partial charge in [-0.25, -0.2) is 8.42 Å². The molecule has 1 aliphatic carbocycles. The number of benzene rings is 1. The SMILES string of the molecule is O=C(NC1CCCC1)c1cccc(S(=O)(=O)Cl)c1. The van der Waals surface area contributed by atoms with Gasteiger partial charge in [0.1, 0.15) is 0 Å². The molecule has 0 atom stereocenters. The molecule has 0 spiro atoms. The van der Waals surface area contributed by atoms with Crippen molar-refractivity contribution in [2.75, 3.05) is 0 Å². The summed E-state index contributed by atoms with van der Waals surface area (Å²) in [5, 5.41) is 2.90. The highest BCUT2D eigenvalue weighted by atomic mass is 35.7. The minimum absolute atomic E-state index is 0.0526. The van der Waals surface area contributed by atoms with Crippen LogP contribution in [0.1, 0.15) is 36.0 Å². The second-order valence-corrected chi connectivity index (χ2v) is 6.99. The first-order valence-electron chi connectivity index (χ1n) is 5.82. The van der Waals surface area contributed by atoms with Crippen LogP contribution in [0.2, 0.25) is 0 Å². The molecule has 18 heavy (non-hydrogen) atoms. The van der Waals surface area contributed by atoms with Crippen LogP contribution in [0.5, 0.6) is 0 Å². The van der Waals surface area contributed by atoms with Gasteiger partial charge in [-0.15, -0.1) is 0 Å². The summed E-state index contributed by atoms with van der Waals surface area (Å²) in [6.45, 7) is 0. The number of rotatable bonds is 3. The van der Waals surface area contributed by atoms with Gasteiger partial charge in [-0.2, -0.15) is 0 Å². The average Bonchev–Trinajstić information content (AvgIpc) is 2.81. The van der Waals surface area contributed by atoms with Crippen LogP contribution in [0.3, 0.4) is 0 Å². The first-order valence-corrected chi connectivity index (χ1v) is 8.13. The molecule has 0 aromatic heterocycles. The Balaban J connectivity index is 2.15. The van der Waals surface area contributed by atoms with E-state index in [0.717, 1.165) is 25.7 Å². The predicted octanol–water partition coefficient (Wildman–Crippen LogP) is 2.29. The first-order chi connectivity index (χ1) is 8.47. The minimum atomic E-state index is -3.79. The van der Waals surface area contributed by atoms with Crippen molar-refractivity contribution in [1.82, 2.24) is 5.32 Å². The van der Waals surface area contributed by atoms with Gasteiger partial charge in [-0.05, 0) is 31.0 Å². The lowest BCUT2D eigenvalue weighted by atomic mass is 10.2. The Morgan fingerprint density at radius 2 is 1.94 bits per heavy atom. The van der Waals surface area contributed by atoms with Crippen molar-refractivity contribution in [1.29, 1.82) is 0 Å². The fourth-order valence-corrected chi connectivity index (χ4v) is 2.92. The van der Waals surface area contributed by atoms with Crippen molar-refractivity contribution in [2.24, 2.45) is 0 Å². The van der Waals surface area contributed by atoms with Crippen molar-refractivity contribution >= 4 is 25.6 Å². The van der Waals surface area contributed by atoms with Crippen molar-refractivity contribution < 1.29 is 13.2 Å². The minimum Gasteiger partial charge on any atom is -0.349 e.